The van der Waals surface area contributed by atoms with Gasteiger partial charge in [-0.2, -0.15) is 4.98 Å². The second-order valence-electron chi connectivity index (χ2n) is 6.53. The second kappa shape index (κ2) is 8.56. The van der Waals surface area contributed by atoms with Crippen LogP contribution < -0.4 is 10.5 Å². The Morgan fingerprint density at radius 3 is 2.67 bits per heavy atom. The summed E-state index contributed by atoms with van der Waals surface area (Å²) in [7, 11) is 0. The molecule has 1 fully saturated rings. The predicted octanol–water partition coefficient (Wildman–Crippen LogP) is 4.50. The van der Waals surface area contributed by atoms with Gasteiger partial charge in [-0.05, 0) is 37.1 Å². The van der Waals surface area contributed by atoms with E-state index in [1.807, 2.05) is 17.5 Å². The molecule has 0 bridgehead atoms. The molecule has 1 aliphatic carbocycles. The van der Waals surface area contributed by atoms with E-state index in [0.29, 0.717) is 29.8 Å². The van der Waals surface area contributed by atoms with Crippen molar-refractivity contribution in [1.82, 2.24) is 15.1 Å². The molecule has 1 aliphatic rings. The number of rotatable bonds is 6. The van der Waals surface area contributed by atoms with Crippen LogP contribution in [0.1, 0.15) is 48.1 Å². The summed E-state index contributed by atoms with van der Waals surface area (Å²) >= 11 is 7.41. The Kier molecular flexibility index (Phi) is 6.37. The summed E-state index contributed by atoms with van der Waals surface area (Å²) in [5, 5.41) is 7.64. The molecule has 3 aromatic rings. The zero-order valence-electron chi connectivity index (χ0n) is 14.6. The summed E-state index contributed by atoms with van der Waals surface area (Å²) in [6, 6.07) is 7.27. The van der Waals surface area contributed by atoms with Crippen LogP contribution in [0.2, 0.25) is 5.02 Å². The third-order valence-corrected chi connectivity index (χ3v) is 5.64. The van der Waals surface area contributed by atoms with Gasteiger partial charge in [0.2, 0.25) is 5.89 Å². The molecule has 1 saturated carbocycles. The first-order valence-electron chi connectivity index (χ1n) is 8.54. The number of hydrogen-bond acceptors (Lipinski definition) is 7. The molecule has 144 valence electrons. The molecule has 2 N–H and O–H groups in total. The van der Waals surface area contributed by atoms with Crippen molar-refractivity contribution in [2.45, 2.75) is 44.2 Å². The van der Waals surface area contributed by atoms with Crippen LogP contribution >= 0.6 is 35.3 Å². The summed E-state index contributed by atoms with van der Waals surface area (Å²) in [4.78, 5) is 9.06. The minimum Gasteiger partial charge on any atom is -0.486 e. The van der Waals surface area contributed by atoms with Gasteiger partial charge in [0.25, 0.3) is 0 Å². The van der Waals surface area contributed by atoms with E-state index in [4.69, 9.17) is 26.6 Å². The van der Waals surface area contributed by atoms with E-state index in [1.165, 1.54) is 0 Å². The Morgan fingerprint density at radius 2 is 1.93 bits per heavy atom. The van der Waals surface area contributed by atoms with Crippen molar-refractivity contribution in [3.63, 3.8) is 0 Å². The second-order valence-corrected chi connectivity index (χ2v) is 7.91. The Hall–Kier alpha value is -1.67. The van der Waals surface area contributed by atoms with Crippen molar-refractivity contribution < 1.29 is 9.26 Å². The van der Waals surface area contributed by atoms with Gasteiger partial charge in [-0.25, -0.2) is 4.98 Å². The number of thiazole rings is 1. The lowest BCUT2D eigenvalue weighted by atomic mass is 9.99. The highest BCUT2D eigenvalue weighted by atomic mass is 35.5. The molecule has 0 radical (unpaired) electrons. The van der Waals surface area contributed by atoms with Crippen molar-refractivity contribution in [1.29, 1.82) is 0 Å². The summed E-state index contributed by atoms with van der Waals surface area (Å²) in [5.74, 6) is 1.93. The van der Waals surface area contributed by atoms with Crippen molar-refractivity contribution in [2.75, 3.05) is 0 Å². The van der Waals surface area contributed by atoms with Gasteiger partial charge in [-0.3, -0.25) is 0 Å². The van der Waals surface area contributed by atoms with Gasteiger partial charge in [0.15, 0.2) is 5.82 Å². The molecule has 1 aromatic carbocycles. The number of ether oxygens (including phenoxy) is 1. The molecule has 0 atom stereocenters. The molecular weight excluding hydrogens is 407 g/mol. The number of hydrogen-bond donors (Lipinski definition) is 1. The number of aromatic nitrogens is 3. The Balaban J connectivity index is 0.00000210. The van der Waals surface area contributed by atoms with E-state index in [-0.39, 0.29) is 12.4 Å². The topological polar surface area (TPSA) is 87.1 Å². The molecule has 2 aromatic heterocycles. The number of nitrogens with two attached hydrogens (primary N) is 1. The van der Waals surface area contributed by atoms with Crippen LogP contribution in [-0.4, -0.2) is 15.1 Å². The first-order chi connectivity index (χ1) is 12.6. The van der Waals surface area contributed by atoms with Gasteiger partial charge >= 0.3 is 0 Å². The molecule has 0 saturated heterocycles. The highest BCUT2D eigenvalue weighted by Gasteiger charge is 2.35. The Bertz CT molecular complexity index is 876. The van der Waals surface area contributed by atoms with Gasteiger partial charge < -0.3 is 15.0 Å². The van der Waals surface area contributed by atoms with Crippen LogP contribution in [0.15, 0.2) is 34.2 Å². The average molecular weight is 427 g/mol. The summed E-state index contributed by atoms with van der Waals surface area (Å²) in [6.07, 6.45) is 4.55. The maximum Gasteiger partial charge on any atom is 0.232 e. The van der Waals surface area contributed by atoms with Gasteiger partial charge in [-0.15, -0.1) is 23.7 Å². The summed E-state index contributed by atoms with van der Waals surface area (Å²) in [5.41, 5.74) is 6.83. The lowest BCUT2D eigenvalue weighted by Crippen LogP contribution is -2.34. The fourth-order valence-electron chi connectivity index (χ4n) is 3.09. The molecular formula is C18H20Cl2N4O2S. The van der Waals surface area contributed by atoms with Crippen molar-refractivity contribution in [3.05, 3.63) is 57.1 Å². The minimum atomic E-state index is -0.429. The van der Waals surface area contributed by atoms with E-state index in [9.17, 15) is 0 Å². The van der Waals surface area contributed by atoms with Gasteiger partial charge in [-0.1, -0.05) is 29.6 Å². The lowest BCUT2D eigenvalue weighted by molar-refractivity contribution is 0.305. The molecule has 6 nitrogen and oxygen atoms in total. The Labute approximate surface area is 172 Å². The van der Waals surface area contributed by atoms with E-state index < -0.39 is 5.54 Å². The quantitative estimate of drug-likeness (QED) is 0.623. The van der Waals surface area contributed by atoms with E-state index >= 15 is 0 Å². The highest BCUT2D eigenvalue weighted by Crippen LogP contribution is 2.34. The largest absolute Gasteiger partial charge is 0.486 e. The predicted molar refractivity (Wildman–Crippen MR) is 107 cm³/mol. The van der Waals surface area contributed by atoms with Crippen LogP contribution in [0.5, 0.6) is 5.75 Å². The van der Waals surface area contributed by atoms with E-state index in [1.54, 1.807) is 23.5 Å². The first-order valence-corrected chi connectivity index (χ1v) is 9.80. The number of nitrogens with zero attached hydrogens (tertiary/aromatic N) is 3. The SMILES string of the molecule is Cl.NC1(c2noc(Cc3csc(COc4ccc(Cl)cc4)n3)n2)CCCC1. The van der Waals surface area contributed by atoms with Gasteiger partial charge in [0.1, 0.15) is 17.4 Å². The lowest BCUT2D eigenvalue weighted by Gasteiger charge is -2.17. The summed E-state index contributed by atoms with van der Waals surface area (Å²) < 4.78 is 11.1. The normalized spacial score (nSPS) is 15.5. The molecule has 0 amide bonds. The van der Waals surface area contributed by atoms with E-state index in [2.05, 4.69) is 15.1 Å². The molecule has 0 spiro atoms. The first kappa shape index (κ1) is 20.1. The fourth-order valence-corrected chi connectivity index (χ4v) is 3.92. The van der Waals surface area contributed by atoms with Crippen LogP contribution in [0.4, 0.5) is 0 Å². The van der Waals surface area contributed by atoms with Crippen LogP contribution in [0, 0.1) is 0 Å². The standard InChI is InChI=1S/C18H19ClN4O2S.ClH/c19-12-3-5-14(6-4-12)24-10-16-21-13(11-26-16)9-15-22-17(23-25-15)18(20)7-1-2-8-18;/h3-6,11H,1-2,7-10,20H2;1H. The maximum atomic E-state index is 6.37. The number of halogens is 2. The van der Waals surface area contributed by atoms with Crippen molar-refractivity contribution >= 4 is 35.3 Å². The average Bonchev–Trinajstić information content (AvgIpc) is 3.37. The maximum absolute atomic E-state index is 6.37. The van der Waals surface area contributed by atoms with Crippen molar-refractivity contribution in [2.24, 2.45) is 5.73 Å². The van der Waals surface area contributed by atoms with Crippen molar-refractivity contribution in [3.8, 4) is 5.75 Å². The number of benzene rings is 1. The van der Waals surface area contributed by atoms with Crippen LogP contribution in [0.3, 0.4) is 0 Å². The fraction of sp³-hybridized carbons (Fsp3) is 0.389. The molecule has 0 aliphatic heterocycles. The monoisotopic (exact) mass is 426 g/mol. The van der Waals surface area contributed by atoms with Crippen LogP contribution in [0.25, 0.3) is 0 Å². The van der Waals surface area contributed by atoms with E-state index in [0.717, 1.165) is 42.1 Å². The van der Waals surface area contributed by atoms with Gasteiger partial charge in [0.05, 0.1) is 17.7 Å². The zero-order chi connectivity index (χ0) is 18.0. The third-order valence-electron chi connectivity index (χ3n) is 4.52. The summed E-state index contributed by atoms with van der Waals surface area (Å²) in [6.45, 7) is 0.410. The zero-order valence-corrected chi connectivity index (χ0v) is 16.9. The molecule has 2 heterocycles. The molecule has 0 unspecified atom stereocenters. The minimum absolute atomic E-state index is 0. The molecule has 9 heteroatoms. The highest BCUT2D eigenvalue weighted by molar-refractivity contribution is 7.09. The molecule has 4 rings (SSSR count). The Morgan fingerprint density at radius 1 is 1.19 bits per heavy atom. The van der Waals surface area contributed by atoms with Crippen LogP contribution in [-0.2, 0) is 18.6 Å². The third kappa shape index (κ3) is 4.79. The molecule has 27 heavy (non-hydrogen) atoms. The smallest absolute Gasteiger partial charge is 0.232 e. The van der Waals surface area contributed by atoms with Gasteiger partial charge in [0, 0.05) is 10.4 Å².